The third-order valence-electron chi connectivity index (χ3n) is 4.91. The van der Waals surface area contributed by atoms with Crippen LogP contribution in [0.15, 0.2) is 78.1 Å². The van der Waals surface area contributed by atoms with Gasteiger partial charge in [-0.3, -0.25) is 4.31 Å². The van der Waals surface area contributed by atoms with Crippen LogP contribution >= 0.6 is 11.6 Å². The number of halogens is 4. The summed E-state index contributed by atoms with van der Waals surface area (Å²) in [5.41, 5.74) is 3.17. The largest absolute Gasteiger partial charge is 0.407 e. The van der Waals surface area contributed by atoms with Crippen LogP contribution in [-0.2, 0) is 10.0 Å². The molecule has 0 aliphatic heterocycles. The fourth-order valence-electron chi connectivity index (χ4n) is 3.40. The number of benzene rings is 2. The first kappa shape index (κ1) is 22.2. The van der Waals surface area contributed by atoms with E-state index < -0.39 is 22.7 Å². The van der Waals surface area contributed by atoms with E-state index in [1.165, 1.54) is 30.3 Å². The summed E-state index contributed by atoms with van der Waals surface area (Å²) in [4.78, 5) is 3.90. The third-order valence-corrected chi connectivity index (χ3v) is 6.92. The summed E-state index contributed by atoms with van der Waals surface area (Å²) in [5.74, 6) is 0. The maximum atomic E-state index is 13.3. The lowest BCUT2D eigenvalue weighted by atomic mass is 10.0. The van der Waals surface area contributed by atoms with E-state index in [2.05, 4.69) is 4.98 Å². The number of fused-ring (bicyclic) bond motifs is 1. The number of hydrogen-bond acceptors (Lipinski definition) is 3. The molecule has 0 unspecified atom stereocenters. The molecule has 5 nitrogen and oxygen atoms in total. The predicted octanol–water partition coefficient (Wildman–Crippen LogP) is 5.72. The van der Waals surface area contributed by atoms with Crippen molar-refractivity contribution in [2.45, 2.75) is 18.0 Å². The van der Waals surface area contributed by atoms with Gasteiger partial charge in [0.2, 0.25) is 0 Å². The maximum absolute atomic E-state index is 13.3. The van der Waals surface area contributed by atoms with Crippen molar-refractivity contribution >= 4 is 33.0 Å². The molecule has 4 aromatic rings. The number of pyridine rings is 1. The first-order valence-electron chi connectivity index (χ1n) is 9.43. The van der Waals surface area contributed by atoms with Gasteiger partial charge in [0.25, 0.3) is 10.0 Å². The minimum atomic E-state index is -4.74. The van der Waals surface area contributed by atoms with Gasteiger partial charge in [-0.1, -0.05) is 29.8 Å². The van der Waals surface area contributed by atoms with Crippen molar-refractivity contribution in [3.63, 3.8) is 0 Å². The highest BCUT2D eigenvalue weighted by molar-refractivity contribution is 7.92. The fraction of sp³-hybridized carbons (Fsp3) is 0.136. The molecule has 0 fully saturated rings. The van der Waals surface area contributed by atoms with E-state index in [9.17, 15) is 21.6 Å². The second kappa shape index (κ2) is 8.14. The second-order valence-electron chi connectivity index (χ2n) is 7.19. The van der Waals surface area contributed by atoms with Gasteiger partial charge in [-0.05, 0) is 54.4 Å². The van der Waals surface area contributed by atoms with E-state index in [1.807, 2.05) is 23.6 Å². The topological polar surface area (TPSA) is 54.7 Å². The lowest BCUT2D eigenvalue weighted by Gasteiger charge is -2.26. The van der Waals surface area contributed by atoms with Crippen molar-refractivity contribution in [3.05, 3.63) is 83.8 Å². The van der Waals surface area contributed by atoms with E-state index in [0.717, 1.165) is 28.4 Å². The van der Waals surface area contributed by atoms with Gasteiger partial charge in [-0.2, -0.15) is 13.2 Å². The van der Waals surface area contributed by atoms with E-state index in [0.29, 0.717) is 4.31 Å². The van der Waals surface area contributed by atoms with Gasteiger partial charge in [0.15, 0.2) is 0 Å². The van der Waals surface area contributed by atoms with Crippen LogP contribution in [-0.4, -0.2) is 30.5 Å². The molecular formula is C22H17ClF3N3O2S. The number of aromatic nitrogens is 2. The highest BCUT2D eigenvalue weighted by atomic mass is 35.5. The van der Waals surface area contributed by atoms with Gasteiger partial charge in [0, 0.05) is 29.2 Å². The Kier molecular flexibility index (Phi) is 5.64. The molecule has 0 spiro atoms. The van der Waals surface area contributed by atoms with Crippen molar-refractivity contribution in [2.75, 3.05) is 10.8 Å². The number of anilines is 1. The smallest absolute Gasteiger partial charge is 0.306 e. The number of sulfonamides is 1. The minimum absolute atomic E-state index is 0.104. The van der Waals surface area contributed by atoms with E-state index in [1.54, 1.807) is 24.5 Å². The molecule has 0 amide bonds. The third kappa shape index (κ3) is 4.44. The molecular weight excluding hydrogens is 463 g/mol. The Bertz CT molecular complexity index is 1380. The summed E-state index contributed by atoms with van der Waals surface area (Å²) >= 11 is 5.86. The molecule has 0 bridgehead atoms. The zero-order valence-corrected chi connectivity index (χ0v) is 18.3. The molecule has 166 valence electrons. The van der Waals surface area contributed by atoms with Crippen LogP contribution in [0, 0.1) is 6.92 Å². The van der Waals surface area contributed by atoms with Crippen molar-refractivity contribution in [1.82, 2.24) is 9.38 Å². The Morgan fingerprint density at radius 1 is 1.09 bits per heavy atom. The number of alkyl halides is 3. The number of imidazole rings is 1. The van der Waals surface area contributed by atoms with Crippen LogP contribution in [0.3, 0.4) is 0 Å². The van der Waals surface area contributed by atoms with Gasteiger partial charge < -0.3 is 4.40 Å². The summed E-state index contributed by atoms with van der Waals surface area (Å²) in [6, 6.07) is 13.0. The maximum Gasteiger partial charge on any atom is 0.407 e. The lowest BCUT2D eigenvalue weighted by Crippen LogP contribution is -2.39. The monoisotopic (exact) mass is 479 g/mol. The Balaban J connectivity index is 1.76. The Morgan fingerprint density at radius 3 is 2.47 bits per heavy atom. The highest BCUT2D eigenvalue weighted by Crippen LogP contribution is 2.32. The van der Waals surface area contributed by atoms with Crippen LogP contribution in [0.2, 0.25) is 5.02 Å². The van der Waals surface area contributed by atoms with E-state index >= 15 is 0 Å². The highest BCUT2D eigenvalue weighted by Gasteiger charge is 2.37. The Morgan fingerprint density at radius 2 is 1.81 bits per heavy atom. The normalized spacial score (nSPS) is 12.3. The first-order chi connectivity index (χ1) is 15.0. The SMILES string of the molecule is Cc1cc2nccn2cc1-c1ccc(N(CC(F)(F)F)S(=O)(=O)c2cccc(Cl)c2)cc1. The fourth-order valence-corrected chi connectivity index (χ4v) is 5.15. The van der Waals surface area contributed by atoms with Crippen LogP contribution < -0.4 is 4.31 Å². The summed E-state index contributed by atoms with van der Waals surface area (Å²) in [6.07, 6.45) is 0.572. The lowest BCUT2D eigenvalue weighted by molar-refractivity contribution is -0.117. The Hall–Kier alpha value is -3.04. The molecule has 4 rings (SSSR count). The Labute approximate surface area is 187 Å². The number of nitrogens with zero attached hydrogens (tertiary/aromatic N) is 3. The molecule has 0 aliphatic rings. The second-order valence-corrected chi connectivity index (χ2v) is 9.49. The quantitative estimate of drug-likeness (QED) is 0.368. The molecule has 0 saturated carbocycles. The average Bonchev–Trinajstić information content (AvgIpc) is 3.18. The molecule has 10 heteroatoms. The van der Waals surface area contributed by atoms with Crippen LogP contribution in [0.4, 0.5) is 18.9 Å². The van der Waals surface area contributed by atoms with Crippen molar-refractivity contribution in [2.24, 2.45) is 0 Å². The van der Waals surface area contributed by atoms with Crippen LogP contribution in [0.5, 0.6) is 0 Å². The number of rotatable bonds is 5. The van der Waals surface area contributed by atoms with Gasteiger partial charge in [-0.25, -0.2) is 13.4 Å². The van der Waals surface area contributed by atoms with E-state index in [-0.39, 0.29) is 15.6 Å². The van der Waals surface area contributed by atoms with Crippen LogP contribution in [0.25, 0.3) is 16.8 Å². The minimum Gasteiger partial charge on any atom is -0.306 e. The van der Waals surface area contributed by atoms with Gasteiger partial charge in [-0.15, -0.1) is 0 Å². The molecule has 0 radical (unpaired) electrons. The average molecular weight is 480 g/mol. The van der Waals surface area contributed by atoms with Gasteiger partial charge in [0.1, 0.15) is 12.2 Å². The molecule has 32 heavy (non-hydrogen) atoms. The molecule has 0 saturated heterocycles. The molecule has 0 atom stereocenters. The first-order valence-corrected chi connectivity index (χ1v) is 11.3. The standard InChI is InChI=1S/C22H17ClF3N3O2S/c1-15-11-21-27-9-10-28(21)13-20(15)16-5-7-18(8-6-16)29(14-22(24,25)26)32(30,31)19-4-2-3-17(23)12-19/h2-13H,14H2,1H3. The van der Waals surface area contributed by atoms with Gasteiger partial charge >= 0.3 is 6.18 Å². The summed E-state index contributed by atoms with van der Waals surface area (Å²) in [6.45, 7) is 0.235. The van der Waals surface area contributed by atoms with Crippen LogP contribution in [0.1, 0.15) is 5.56 Å². The summed E-state index contributed by atoms with van der Waals surface area (Å²) in [5, 5.41) is 0.110. The number of hydrogen-bond donors (Lipinski definition) is 0. The van der Waals surface area contributed by atoms with Gasteiger partial charge in [0.05, 0.1) is 10.6 Å². The zero-order chi connectivity index (χ0) is 23.1. The summed E-state index contributed by atoms with van der Waals surface area (Å²) in [7, 11) is -4.50. The van der Waals surface area contributed by atoms with Crippen molar-refractivity contribution in [1.29, 1.82) is 0 Å². The number of aryl methyl sites for hydroxylation is 1. The van der Waals surface area contributed by atoms with Crippen molar-refractivity contribution in [3.8, 4) is 11.1 Å². The molecule has 0 aliphatic carbocycles. The predicted molar refractivity (Wildman–Crippen MR) is 117 cm³/mol. The van der Waals surface area contributed by atoms with E-state index in [4.69, 9.17) is 11.6 Å². The summed E-state index contributed by atoms with van der Waals surface area (Å²) < 4.78 is 68.1. The molecule has 2 aromatic carbocycles. The van der Waals surface area contributed by atoms with Crippen molar-refractivity contribution < 1.29 is 21.6 Å². The molecule has 0 N–H and O–H groups in total. The zero-order valence-electron chi connectivity index (χ0n) is 16.7. The molecule has 2 aromatic heterocycles. The molecule has 2 heterocycles.